The first-order chi connectivity index (χ1) is 13.5. The maximum Gasteiger partial charge on any atom is 0.335 e. The van der Waals surface area contributed by atoms with E-state index in [1.165, 1.54) is 18.2 Å². The quantitative estimate of drug-likeness (QED) is 0.501. The van der Waals surface area contributed by atoms with E-state index < -0.39 is 16.7 Å². The molecule has 0 fully saturated rings. The summed E-state index contributed by atoms with van der Waals surface area (Å²) < 4.78 is 28.8. The van der Waals surface area contributed by atoms with Gasteiger partial charge in [0, 0.05) is 19.3 Å². The number of benzene rings is 2. The standard InChI is InChI=1S/C20H18N2O5S/c23-20(24)15-5-3-14(4-6-15)11-22-12-16-10-17(7-8-19(16)28(25)26)27-18-2-1-9-21-13-18/h1-10,13,22,28H,11-12H2,(H,23,24). The van der Waals surface area contributed by atoms with E-state index in [0.29, 0.717) is 30.2 Å². The smallest absolute Gasteiger partial charge is 0.335 e. The van der Waals surface area contributed by atoms with Crippen LogP contribution in [-0.4, -0.2) is 24.5 Å². The van der Waals surface area contributed by atoms with Crippen LogP contribution < -0.4 is 10.1 Å². The molecule has 0 bridgehead atoms. The lowest BCUT2D eigenvalue weighted by atomic mass is 10.1. The van der Waals surface area contributed by atoms with Crippen molar-refractivity contribution in [1.82, 2.24) is 10.3 Å². The van der Waals surface area contributed by atoms with Crippen LogP contribution in [0.5, 0.6) is 11.5 Å². The van der Waals surface area contributed by atoms with Crippen LogP contribution in [0.25, 0.3) is 0 Å². The molecule has 0 atom stereocenters. The number of thiol groups is 1. The van der Waals surface area contributed by atoms with Crippen molar-refractivity contribution in [2.24, 2.45) is 0 Å². The number of nitrogens with one attached hydrogen (secondary N) is 1. The van der Waals surface area contributed by atoms with Crippen molar-refractivity contribution in [3.63, 3.8) is 0 Å². The molecule has 1 aromatic heterocycles. The Morgan fingerprint density at radius 3 is 2.46 bits per heavy atom. The highest BCUT2D eigenvalue weighted by Gasteiger charge is 2.08. The molecule has 0 unspecified atom stereocenters. The van der Waals surface area contributed by atoms with Gasteiger partial charge in [0.05, 0.1) is 16.7 Å². The van der Waals surface area contributed by atoms with E-state index in [9.17, 15) is 13.2 Å². The molecular formula is C20H18N2O5S. The molecule has 0 spiro atoms. The van der Waals surface area contributed by atoms with E-state index in [1.54, 1.807) is 48.8 Å². The molecule has 8 heteroatoms. The van der Waals surface area contributed by atoms with Crippen LogP contribution in [0, 0.1) is 0 Å². The zero-order chi connectivity index (χ0) is 19.9. The minimum Gasteiger partial charge on any atom is -0.478 e. The molecule has 0 saturated heterocycles. The largest absolute Gasteiger partial charge is 0.478 e. The number of nitrogens with zero attached hydrogens (tertiary/aromatic N) is 1. The van der Waals surface area contributed by atoms with Crippen molar-refractivity contribution in [1.29, 1.82) is 0 Å². The van der Waals surface area contributed by atoms with Gasteiger partial charge in [-0.1, -0.05) is 12.1 Å². The van der Waals surface area contributed by atoms with Crippen LogP contribution in [0.4, 0.5) is 0 Å². The Labute approximate surface area is 163 Å². The van der Waals surface area contributed by atoms with Gasteiger partial charge in [-0.05, 0) is 53.6 Å². The molecular weight excluding hydrogens is 380 g/mol. The van der Waals surface area contributed by atoms with Gasteiger partial charge >= 0.3 is 5.97 Å². The molecule has 0 aliphatic carbocycles. The summed E-state index contributed by atoms with van der Waals surface area (Å²) in [6.45, 7) is 0.770. The third kappa shape index (κ3) is 5.15. The molecule has 2 aromatic carbocycles. The highest BCUT2D eigenvalue weighted by atomic mass is 32.2. The highest BCUT2D eigenvalue weighted by molar-refractivity contribution is 7.72. The fraction of sp³-hybridized carbons (Fsp3) is 0.100. The average molecular weight is 398 g/mol. The minimum absolute atomic E-state index is 0.217. The summed E-state index contributed by atoms with van der Waals surface area (Å²) in [7, 11) is -2.74. The molecule has 28 heavy (non-hydrogen) atoms. The number of pyridine rings is 1. The number of hydrogen-bond donors (Lipinski definition) is 3. The Kier molecular flexibility index (Phi) is 6.36. The Hall–Kier alpha value is -3.23. The van der Waals surface area contributed by atoms with E-state index in [4.69, 9.17) is 9.84 Å². The summed E-state index contributed by atoms with van der Waals surface area (Å²) in [6.07, 6.45) is 3.21. The lowest BCUT2D eigenvalue weighted by Crippen LogP contribution is -2.14. The summed E-state index contributed by atoms with van der Waals surface area (Å²) in [5, 5.41) is 12.1. The number of ether oxygens (including phenoxy) is 1. The third-order valence-corrected chi connectivity index (χ3v) is 4.79. The molecule has 0 aliphatic rings. The van der Waals surface area contributed by atoms with E-state index in [2.05, 4.69) is 10.3 Å². The van der Waals surface area contributed by atoms with Crippen molar-refractivity contribution in [2.75, 3.05) is 0 Å². The summed E-state index contributed by atoms with van der Waals surface area (Å²) in [6, 6.07) is 14.8. The Morgan fingerprint density at radius 2 is 1.82 bits per heavy atom. The average Bonchev–Trinajstić information content (AvgIpc) is 2.69. The molecule has 7 nitrogen and oxygen atoms in total. The van der Waals surface area contributed by atoms with Gasteiger partial charge < -0.3 is 15.2 Å². The first-order valence-electron chi connectivity index (χ1n) is 8.41. The molecule has 3 rings (SSSR count). The molecule has 0 saturated carbocycles. The number of carboxylic acid groups (broad SMARTS) is 1. The van der Waals surface area contributed by atoms with E-state index in [1.807, 2.05) is 0 Å². The molecule has 1 heterocycles. The predicted octanol–water partition coefficient (Wildman–Crippen LogP) is 2.83. The van der Waals surface area contributed by atoms with Crippen LogP contribution in [0.1, 0.15) is 21.5 Å². The van der Waals surface area contributed by atoms with Crippen LogP contribution in [0.3, 0.4) is 0 Å². The van der Waals surface area contributed by atoms with Gasteiger partial charge in [-0.15, -0.1) is 0 Å². The van der Waals surface area contributed by atoms with E-state index in [0.717, 1.165) is 5.56 Å². The van der Waals surface area contributed by atoms with Crippen molar-refractivity contribution in [3.8, 4) is 11.5 Å². The first kappa shape index (κ1) is 19.5. The van der Waals surface area contributed by atoms with Gasteiger partial charge in [-0.3, -0.25) is 4.98 Å². The van der Waals surface area contributed by atoms with E-state index in [-0.39, 0.29) is 10.5 Å². The van der Waals surface area contributed by atoms with Gasteiger partial charge in [-0.25, -0.2) is 13.2 Å². The molecule has 0 amide bonds. The number of rotatable bonds is 8. The van der Waals surface area contributed by atoms with Crippen LogP contribution in [-0.2, 0) is 23.8 Å². The normalized spacial score (nSPS) is 10.8. The number of carbonyl (C=O) groups is 1. The lowest BCUT2D eigenvalue weighted by molar-refractivity contribution is 0.0697. The monoisotopic (exact) mass is 398 g/mol. The fourth-order valence-corrected chi connectivity index (χ4v) is 3.17. The van der Waals surface area contributed by atoms with Crippen LogP contribution in [0.2, 0.25) is 0 Å². The summed E-state index contributed by atoms with van der Waals surface area (Å²) in [5.41, 5.74) is 1.69. The van der Waals surface area contributed by atoms with Gasteiger partial charge in [0.1, 0.15) is 11.5 Å². The van der Waals surface area contributed by atoms with Gasteiger partial charge in [0.25, 0.3) is 0 Å². The van der Waals surface area contributed by atoms with E-state index >= 15 is 0 Å². The second-order valence-corrected chi connectivity index (χ2v) is 6.94. The first-order valence-corrected chi connectivity index (χ1v) is 9.59. The Bertz CT molecular complexity index is 1030. The fourth-order valence-electron chi connectivity index (χ4n) is 2.60. The van der Waals surface area contributed by atoms with Gasteiger partial charge in [-0.2, -0.15) is 0 Å². The van der Waals surface area contributed by atoms with Crippen molar-refractivity contribution < 1.29 is 23.1 Å². The van der Waals surface area contributed by atoms with Gasteiger partial charge in [0.15, 0.2) is 10.7 Å². The predicted molar refractivity (Wildman–Crippen MR) is 103 cm³/mol. The second-order valence-electron chi connectivity index (χ2n) is 5.94. The van der Waals surface area contributed by atoms with Crippen molar-refractivity contribution >= 4 is 16.7 Å². The lowest BCUT2D eigenvalue weighted by Gasteiger charge is -2.11. The van der Waals surface area contributed by atoms with Crippen molar-refractivity contribution in [3.05, 3.63) is 83.7 Å². The Morgan fingerprint density at radius 1 is 1.04 bits per heavy atom. The maximum atomic E-state index is 11.5. The number of carboxylic acids is 1. The molecule has 3 aromatic rings. The van der Waals surface area contributed by atoms with Crippen LogP contribution >= 0.6 is 0 Å². The summed E-state index contributed by atoms with van der Waals surface area (Å²) >= 11 is 0. The van der Waals surface area contributed by atoms with Crippen LogP contribution in [0.15, 0.2) is 71.9 Å². The highest BCUT2D eigenvalue weighted by Crippen LogP contribution is 2.24. The summed E-state index contributed by atoms with van der Waals surface area (Å²) in [5.74, 6) is 0.0873. The number of hydrogen-bond acceptors (Lipinski definition) is 6. The zero-order valence-electron chi connectivity index (χ0n) is 14.7. The minimum atomic E-state index is -2.74. The van der Waals surface area contributed by atoms with Gasteiger partial charge in [0.2, 0.25) is 0 Å². The molecule has 144 valence electrons. The second kappa shape index (κ2) is 9.12. The zero-order valence-corrected chi connectivity index (χ0v) is 15.6. The molecule has 0 aliphatic heterocycles. The molecule has 2 N–H and O–H groups in total. The number of aromatic carboxylic acids is 1. The number of aromatic nitrogens is 1. The SMILES string of the molecule is O=C(O)c1ccc(CNCc2cc(Oc3cccnc3)ccc2[SH](=O)=O)cc1. The molecule has 0 radical (unpaired) electrons. The summed E-state index contributed by atoms with van der Waals surface area (Å²) in [4.78, 5) is 15.1. The van der Waals surface area contributed by atoms with Crippen molar-refractivity contribution in [2.45, 2.75) is 18.0 Å². The third-order valence-electron chi connectivity index (χ3n) is 3.96. The maximum absolute atomic E-state index is 11.5. The topological polar surface area (TPSA) is 106 Å². The Balaban J connectivity index is 1.70.